The van der Waals surface area contributed by atoms with Crippen molar-refractivity contribution in [1.82, 2.24) is 9.62 Å². The molecule has 2 aliphatic carbocycles. The van der Waals surface area contributed by atoms with Crippen molar-refractivity contribution < 1.29 is 66.6 Å². The minimum atomic E-state index is -2.56. The predicted molar refractivity (Wildman–Crippen MR) is 261 cm³/mol. The molecule has 2 aliphatic heterocycles. The minimum Gasteiger partial charge on any atom is -0.460 e. The van der Waals surface area contributed by atoms with Crippen molar-refractivity contribution in [2.24, 2.45) is 35.5 Å². The number of Topliss-reactive ketones (excluding diaryl/α,β-unsaturated/α-hetero) is 3. The molecule has 69 heavy (non-hydrogen) atoms. The normalized spacial score (nSPS) is 38.3. The Kier molecular flexibility index (Phi) is 23.3. The number of ketones is 3. The van der Waals surface area contributed by atoms with Gasteiger partial charge in [-0.05, 0) is 108 Å². The number of methoxy groups -OCH3 is 2. The molecule has 8 unspecified atom stereocenters. The maximum Gasteiger partial charge on any atom is 0.328 e. The summed E-state index contributed by atoms with van der Waals surface area (Å²) >= 11 is -2.43. The zero-order chi connectivity index (χ0) is 51.2. The van der Waals surface area contributed by atoms with E-state index in [1.807, 2.05) is 19.1 Å². The number of fused-ring (bicyclic) bond motifs is 2. The molecule has 2 bridgehead atoms. The number of cyclic esters (lactones) is 1. The topological polar surface area (TPSA) is 225 Å². The van der Waals surface area contributed by atoms with Gasteiger partial charge in [-0.2, -0.15) is 0 Å². The molecule has 0 aromatic rings. The molecule has 3 fully saturated rings. The number of hydrogen-bond acceptors (Lipinski definition) is 13. The first kappa shape index (κ1) is 58.3. The molecule has 1 saturated heterocycles. The number of aliphatic hydroxyl groups excluding tert-OH is 1. The van der Waals surface area contributed by atoms with Gasteiger partial charge in [-0.25, -0.2) is 13.7 Å². The highest BCUT2D eigenvalue weighted by atomic mass is 32.2. The van der Waals surface area contributed by atoms with Crippen LogP contribution in [0, 0.1) is 35.5 Å². The summed E-state index contributed by atoms with van der Waals surface area (Å²) in [4.78, 5) is 70.6. The van der Waals surface area contributed by atoms with Crippen molar-refractivity contribution >= 4 is 40.5 Å². The summed E-state index contributed by atoms with van der Waals surface area (Å²) in [6.07, 6.45) is 14.3. The molecule has 0 spiro atoms. The molecular weight excluding hydrogens is 909 g/mol. The summed E-state index contributed by atoms with van der Waals surface area (Å²) in [5, 5.41) is 23.2. The van der Waals surface area contributed by atoms with E-state index in [1.165, 1.54) is 33.9 Å². The molecule has 16 nitrogen and oxygen atoms in total. The van der Waals surface area contributed by atoms with Gasteiger partial charge in [-0.3, -0.25) is 23.7 Å². The Hall–Kier alpha value is -3.26. The first-order chi connectivity index (χ1) is 32.6. The van der Waals surface area contributed by atoms with Crippen molar-refractivity contribution in [3.8, 4) is 0 Å². The number of nitrogens with one attached hydrogen (secondary N) is 1. The van der Waals surface area contributed by atoms with E-state index >= 15 is 0 Å². The lowest BCUT2D eigenvalue weighted by atomic mass is 9.78. The van der Waals surface area contributed by atoms with Gasteiger partial charge in [0.2, 0.25) is 17.1 Å². The third kappa shape index (κ3) is 16.9. The number of allylic oxidation sites excluding steroid dienone is 6. The fraction of sp³-hybridized carbons (Fsp3) is 0.750. The van der Waals surface area contributed by atoms with Gasteiger partial charge >= 0.3 is 5.97 Å². The monoisotopic (exact) mass is 991 g/mol. The van der Waals surface area contributed by atoms with E-state index in [0.29, 0.717) is 49.9 Å². The molecule has 390 valence electrons. The molecule has 4 aliphatic rings. The molecule has 0 aromatic carbocycles. The second-order valence-electron chi connectivity index (χ2n) is 20.3. The zero-order valence-corrected chi connectivity index (χ0v) is 43.5. The molecule has 0 radical (unpaired) electrons. The fourth-order valence-corrected chi connectivity index (χ4v) is 10.2. The highest BCUT2D eigenvalue weighted by molar-refractivity contribution is 7.77. The van der Waals surface area contributed by atoms with Crippen LogP contribution in [0.2, 0.25) is 0 Å². The van der Waals surface area contributed by atoms with Crippen LogP contribution in [-0.2, 0) is 58.9 Å². The second kappa shape index (κ2) is 27.5. The fourth-order valence-electron chi connectivity index (χ4n) is 9.72. The van der Waals surface area contributed by atoms with E-state index in [0.717, 1.165) is 36.5 Å². The first-order valence-corrected chi connectivity index (χ1v) is 26.1. The Morgan fingerprint density at radius 1 is 0.899 bits per heavy atom. The molecule has 0 aromatic heterocycles. The van der Waals surface area contributed by atoms with Gasteiger partial charge < -0.3 is 38.8 Å². The van der Waals surface area contributed by atoms with Crippen molar-refractivity contribution in [1.29, 1.82) is 0 Å². The van der Waals surface area contributed by atoms with E-state index in [2.05, 4.69) is 4.72 Å². The summed E-state index contributed by atoms with van der Waals surface area (Å²) in [6.45, 7) is 12.4. The van der Waals surface area contributed by atoms with Crippen LogP contribution < -0.4 is 4.72 Å². The third-order valence-electron chi connectivity index (χ3n) is 15.0. The summed E-state index contributed by atoms with van der Waals surface area (Å²) < 4.78 is 54.3. The number of carbonyl (C=O) groups is 5. The Labute approximate surface area is 412 Å². The van der Waals surface area contributed by atoms with Gasteiger partial charge in [-0.1, -0.05) is 82.6 Å². The summed E-state index contributed by atoms with van der Waals surface area (Å²) in [7, 11) is 4.30. The number of aliphatic hydroxyl groups is 2. The third-order valence-corrected chi connectivity index (χ3v) is 15.5. The van der Waals surface area contributed by atoms with Crippen LogP contribution in [0.5, 0.6) is 0 Å². The average Bonchev–Trinajstić information content (AvgIpc) is 4.15. The molecule has 15 atom stereocenters. The quantitative estimate of drug-likeness (QED) is 0.0772. The van der Waals surface area contributed by atoms with Gasteiger partial charge in [0, 0.05) is 58.1 Å². The maximum absolute atomic E-state index is 14.1. The van der Waals surface area contributed by atoms with Crippen LogP contribution in [0.15, 0.2) is 47.6 Å². The van der Waals surface area contributed by atoms with Crippen LogP contribution >= 0.6 is 0 Å². The lowest BCUT2D eigenvalue weighted by molar-refractivity contribution is -0.263. The van der Waals surface area contributed by atoms with Crippen LogP contribution in [0.1, 0.15) is 132 Å². The molecule has 2 heterocycles. The number of hydrogen-bond donors (Lipinski definition) is 4. The van der Waals surface area contributed by atoms with Crippen LogP contribution in [0.3, 0.4) is 0 Å². The van der Waals surface area contributed by atoms with Gasteiger partial charge in [0.15, 0.2) is 5.78 Å². The average molecular weight is 991 g/mol. The lowest BCUT2D eigenvalue weighted by Crippen LogP contribution is -2.59. The van der Waals surface area contributed by atoms with Crippen molar-refractivity contribution in [2.75, 3.05) is 27.9 Å². The van der Waals surface area contributed by atoms with Gasteiger partial charge in [0.05, 0.1) is 18.3 Å². The Morgan fingerprint density at radius 3 is 2.25 bits per heavy atom. The zero-order valence-electron chi connectivity index (χ0n) is 42.6. The van der Waals surface area contributed by atoms with Gasteiger partial charge in [-0.15, -0.1) is 0 Å². The van der Waals surface area contributed by atoms with Crippen LogP contribution in [0.25, 0.3) is 0 Å². The summed E-state index contributed by atoms with van der Waals surface area (Å²) in [5.41, 5.74) is 1.02. The largest absolute Gasteiger partial charge is 0.460 e. The number of likely N-dealkylation sites (N-methyl/N-ethyl adjacent to an activating group) is 1. The SMILES string of the molecule is COC1C(=O)C(C)CC/C=C/C=C/C=C(\C)C(NS(=O)O)C[C@H]2CC[C@H](C)[C@](O)(O2)C(=O)C(=O)N(C)C(C)C(=O)OC([C@H](C)C[C@@H]2CC[C@@H](OCCC3CC3)[C@H](OC)C2)CC(=O)C(C)/C=C(\C)C1O. The number of esters is 1. The first-order valence-electron chi connectivity index (χ1n) is 25.0. The van der Waals surface area contributed by atoms with E-state index in [9.17, 15) is 42.9 Å². The maximum atomic E-state index is 14.1. The van der Waals surface area contributed by atoms with E-state index in [1.54, 1.807) is 66.0 Å². The van der Waals surface area contributed by atoms with Crippen LogP contribution in [0.4, 0.5) is 0 Å². The Bertz CT molecular complexity index is 1900. The van der Waals surface area contributed by atoms with Gasteiger partial charge in [0.25, 0.3) is 11.7 Å². The van der Waals surface area contributed by atoms with Crippen molar-refractivity contribution in [3.63, 3.8) is 0 Å². The Balaban J connectivity index is 1.63. The number of ether oxygens (including phenoxy) is 5. The molecule has 4 rings (SSSR count). The summed E-state index contributed by atoms with van der Waals surface area (Å²) in [6, 6.07) is -2.05. The molecular formula is C52H82N2O14S. The number of amides is 1. The van der Waals surface area contributed by atoms with Gasteiger partial charge in [0.1, 0.15) is 30.1 Å². The smallest absolute Gasteiger partial charge is 0.328 e. The standard InChI is InChI=1S/C52H82N2O14S/c1-31-16-14-12-11-13-15-17-32(2)46(56)48(65-10)47(57)35(5)26-33(3)42(55)30-44(34(4)27-39-21-23-43(45(28-39)64-9)66-25-24-38-19-20-38)67-51(60)37(7)54(8)50(59)49(58)52(61)36(6)18-22-40(68-52)29-41(31)53-69(62)63/h11-14,16,26,32-34,36-41,43-45,47-48,53,57,61H,15,17-25,27-30H2,1-10H3,(H,62,63)/b13-11+,14-12+,31-16+,35-26+/t32?,33?,34-,36+,37?,39+,40-,41?,43-,44?,45-,47?,48?,52+/m1/s1. The minimum absolute atomic E-state index is 0.0202. The summed E-state index contributed by atoms with van der Waals surface area (Å²) in [5.74, 6) is -7.89. The van der Waals surface area contributed by atoms with Crippen molar-refractivity contribution in [2.45, 2.75) is 186 Å². The highest BCUT2D eigenvalue weighted by Gasteiger charge is 2.52. The highest BCUT2D eigenvalue weighted by Crippen LogP contribution is 2.38. The van der Waals surface area contributed by atoms with E-state index in [4.69, 9.17) is 23.7 Å². The molecule has 2 saturated carbocycles. The number of nitrogens with zero attached hydrogens (tertiary/aromatic N) is 1. The second-order valence-corrected chi connectivity index (χ2v) is 21.1. The predicted octanol–water partition coefficient (Wildman–Crippen LogP) is 6.30. The van der Waals surface area contributed by atoms with E-state index < -0.39 is 89.0 Å². The number of carbonyl (C=O) groups excluding carboxylic acids is 5. The van der Waals surface area contributed by atoms with Crippen LogP contribution in [-0.4, -0.2) is 135 Å². The Morgan fingerprint density at radius 2 is 1.59 bits per heavy atom. The van der Waals surface area contributed by atoms with Crippen molar-refractivity contribution in [3.05, 3.63) is 47.6 Å². The molecule has 4 N–H and O–H groups in total. The molecule has 17 heteroatoms. The molecule has 1 amide bonds. The van der Waals surface area contributed by atoms with E-state index in [-0.39, 0.29) is 48.5 Å². The lowest BCUT2D eigenvalue weighted by Gasteiger charge is -2.41. The number of rotatable bonds is 11.